The highest BCUT2D eigenvalue weighted by molar-refractivity contribution is 8.18. The van der Waals surface area contributed by atoms with Gasteiger partial charge in [-0.2, -0.15) is 0 Å². The largest absolute Gasteiger partial charge is 0.495 e. The van der Waals surface area contributed by atoms with Crippen molar-refractivity contribution >= 4 is 58.1 Å². The second-order valence-corrected chi connectivity index (χ2v) is 7.89. The molecular weight excluding hydrogens is 458 g/mol. The Bertz CT molecular complexity index is 1100. The summed E-state index contributed by atoms with van der Waals surface area (Å²) in [6, 6.07) is 11.2. The predicted molar refractivity (Wildman–Crippen MR) is 120 cm³/mol. The second kappa shape index (κ2) is 10.2. The van der Waals surface area contributed by atoms with Crippen LogP contribution in [0.3, 0.4) is 0 Å². The number of benzene rings is 2. The number of primary amides is 1. The number of imide groups is 1. The molecule has 11 heteroatoms. The van der Waals surface area contributed by atoms with E-state index in [4.69, 9.17) is 26.8 Å². The lowest BCUT2D eigenvalue weighted by Crippen LogP contribution is -2.36. The number of hydrogen-bond acceptors (Lipinski definition) is 7. The standard InChI is InChI=1S/C21H18ClN3O6S/c1-30-16-7-4-13(9-15(16)22)24-19(27)10-25-20(28)17(32-21(25)29)8-12-2-5-14(6-3-12)31-11-18(23)26/h2-9H,10-11H2,1H3,(H2,23,26)(H,24,27). The van der Waals surface area contributed by atoms with E-state index in [9.17, 15) is 19.2 Å². The van der Waals surface area contributed by atoms with Gasteiger partial charge in [0.2, 0.25) is 5.91 Å². The maximum Gasteiger partial charge on any atom is 0.294 e. The molecular formula is C21H18ClN3O6S. The zero-order valence-corrected chi connectivity index (χ0v) is 18.4. The summed E-state index contributed by atoms with van der Waals surface area (Å²) >= 11 is 6.77. The summed E-state index contributed by atoms with van der Waals surface area (Å²) in [5.41, 5.74) is 6.07. The van der Waals surface area contributed by atoms with Crippen LogP contribution < -0.4 is 20.5 Å². The van der Waals surface area contributed by atoms with Crippen molar-refractivity contribution in [2.24, 2.45) is 5.73 Å². The number of amides is 4. The molecule has 0 aromatic heterocycles. The van der Waals surface area contributed by atoms with Gasteiger partial charge in [0.25, 0.3) is 17.1 Å². The smallest absolute Gasteiger partial charge is 0.294 e. The lowest BCUT2D eigenvalue weighted by molar-refractivity contribution is -0.127. The van der Waals surface area contributed by atoms with Crippen LogP contribution in [0.5, 0.6) is 11.5 Å². The summed E-state index contributed by atoms with van der Waals surface area (Å²) in [6.45, 7) is -0.686. The highest BCUT2D eigenvalue weighted by Gasteiger charge is 2.36. The summed E-state index contributed by atoms with van der Waals surface area (Å²) in [7, 11) is 1.47. The zero-order chi connectivity index (χ0) is 23.3. The van der Waals surface area contributed by atoms with E-state index in [2.05, 4.69) is 5.32 Å². The fourth-order valence-electron chi connectivity index (χ4n) is 2.69. The van der Waals surface area contributed by atoms with Crippen LogP contribution in [0.25, 0.3) is 6.08 Å². The molecule has 1 saturated heterocycles. The molecule has 3 rings (SSSR count). The van der Waals surface area contributed by atoms with E-state index in [-0.39, 0.29) is 11.5 Å². The van der Waals surface area contributed by atoms with Crippen molar-refractivity contribution in [3.8, 4) is 11.5 Å². The van der Waals surface area contributed by atoms with E-state index >= 15 is 0 Å². The third-order valence-electron chi connectivity index (χ3n) is 4.17. The second-order valence-electron chi connectivity index (χ2n) is 6.49. The van der Waals surface area contributed by atoms with Crippen molar-refractivity contribution in [3.05, 3.63) is 58.0 Å². The maximum absolute atomic E-state index is 12.6. The minimum Gasteiger partial charge on any atom is -0.495 e. The first-order valence-corrected chi connectivity index (χ1v) is 10.4. The molecule has 0 bridgehead atoms. The lowest BCUT2D eigenvalue weighted by Gasteiger charge is -2.13. The third-order valence-corrected chi connectivity index (χ3v) is 5.37. The van der Waals surface area contributed by atoms with Crippen LogP contribution in [0, 0.1) is 0 Å². The molecule has 9 nitrogen and oxygen atoms in total. The number of hydrogen-bond donors (Lipinski definition) is 2. The van der Waals surface area contributed by atoms with Crippen molar-refractivity contribution in [1.29, 1.82) is 0 Å². The summed E-state index contributed by atoms with van der Waals surface area (Å²) in [5.74, 6) is -0.831. The van der Waals surface area contributed by atoms with Crippen molar-refractivity contribution in [3.63, 3.8) is 0 Å². The Hall–Kier alpha value is -3.50. The van der Waals surface area contributed by atoms with E-state index in [1.54, 1.807) is 36.4 Å². The zero-order valence-electron chi connectivity index (χ0n) is 16.8. The normalized spacial score (nSPS) is 14.6. The quantitative estimate of drug-likeness (QED) is 0.562. The fourth-order valence-corrected chi connectivity index (χ4v) is 3.79. The molecule has 32 heavy (non-hydrogen) atoms. The Morgan fingerprint density at radius 1 is 1.19 bits per heavy atom. The van der Waals surface area contributed by atoms with Crippen molar-refractivity contribution < 1.29 is 28.7 Å². The lowest BCUT2D eigenvalue weighted by atomic mass is 10.2. The average Bonchev–Trinajstić information content (AvgIpc) is 3.00. The van der Waals surface area contributed by atoms with Gasteiger partial charge in [0.1, 0.15) is 18.0 Å². The Balaban J connectivity index is 1.63. The van der Waals surface area contributed by atoms with E-state index in [1.807, 2.05) is 0 Å². The SMILES string of the molecule is COc1ccc(NC(=O)CN2C(=O)SC(=Cc3ccc(OCC(N)=O)cc3)C2=O)cc1Cl. The highest BCUT2D eigenvalue weighted by atomic mass is 35.5. The first kappa shape index (κ1) is 23.2. The Kier molecular flexibility index (Phi) is 7.39. The fraction of sp³-hybridized carbons (Fsp3) is 0.143. The molecule has 0 aliphatic carbocycles. The van der Waals surface area contributed by atoms with Gasteiger partial charge >= 0.3 is 0 Å². The summed E-state index contributed by atoms with van der Waals surface area (Å²) in [5, 5.41) is 2.35. The molecule has 2 aromatic rings. The number of carbonyl (C=O) groups excluding carboxylic acids is 4. The Labute approximate surface area is 192 Å². The molecule has 4 amide bonds. The number of anilines is 1. The number of methoxy groups -OCH3 is 1. The number of thioether (sulfide) groups is 1. The molecule has 166 valence electrons. The van der Waals surface area contributed by atoms with Gasteiger partial charge in [-0.05, 0) is 53.7 Å². The maximum atomic E-state index is 12.6. The number of nitrogens with two attached hydrogens (primary N) is 1. The predicted octanol–water partition coefficient (Wildman–Crippen LogP) is 2.89. The van der Waals surface area contributed by atoms with Gasteiger partial charge in [0.15, 0.2) is 6.61 Å². The van der Waals surface area contributed by atoms with E-state index in [0.717, 1.165) is 16.7 Å². The Morgan fingerprint density at radius 2 is 1.91 bits per heavy atom. The molecule has 0 radical (unpaired) electrons. The summed E-state index contributed by atoms with van der Waals surface area (Å²) in [6.07, 6.45) is 1.53. The summed E-state index contributed by atoms with van der Waals surface area (Å²) < 4.78 is 10.2. The molecule has 0 saturated carbocycles. The van der Waals surface area contributed by atoms with Crippen LogP contribution in [0.2, 0.25) is 5.02 Å². The molecule has 0 spiro atoms. The number of nitrogens with one attached hydrogen (secondary N) is 1. The van der Waals surface area contributed by atoms with Gasteiger partial charge in [0.05, 0.1) is 17.0 Å². The monoisotopic (exact) mass is 475 g/mol. The number of ether oxygens (including phenoxy) is 2. The Morgan fingerprint density at radius 3 is 2.53 bits per heavy atom. The van der Waals surface area contributed by atoms with Gasteiger partial charge < -0.3 is 20.5 Å². The highest BCUT2D eigenvalue weighted by Crippen LogP contribution is 2.32. The van der Waals surface area contributed by atoms with E-state index in [1.165, 1.54) is 19.3 Å². The van der Waals surface area contributed by atoms with Crippen LogP contribution in [0.15, 0.2) is 47.4 Å². The molecule has 1 heterocycles. The van der Waals surface area contributed by atoms with Gasteiger partial charge in [-0.15, -0.1) is 0 Å². The van der Waals surface area contributed by atoms with Crippen LogP contribution in [0.1, 0.15) is 5.56 Å². The topological polar surface area (TPSA) is 128 Å². The molecule has 1 aliphatic heterocycles. The van der Waals surface area contributed by atoms with Gasteiger partial charge in [-0.1, -0.05) is 23.7 Å². The molecule has 1 fully saturated rings. The van der Waals surface area contributed by atoms with Crippen LogP contribution in [0.4, 0.5) is 10.5 Å². The van der Waals surface area contributed by atoms with E-state index in [0.29, 0.717) is 27.8 Å². The van der Waals surface area contributed by atoms with Crippen molar-refractivity contribution in [1.82, 2.24) is 4.90 Å². The molecule has 0 unspecified atom stereocenters. The number of rotatable bonds is 8. The number of carbonyl (C=O) groups is 4. The summed E-state index contributed by atoms with van der Waals surface area (Å²) in [4.78, 5) is 49.0. The van der Waals surface area contributed by atoms with Crippen LogP contribution >= 0.6 is 23.4 Å². The first-order chi connectivity index (χ1) is 15.3. The minimum absolute atomic E-state index is 0.182. The molecule has 1 aliphatic rings. The van der Waals surface area contributed by atoms with Gasteiger partial charge in [0, 0.05) is 5.69 Å². The first-order valence-electron chi connectivity index (χ1n) is 9.16. The van der Waals surface area contributed by atoms with Crippen LogP contribution in [-0.4, -0.2) is 48.1 Å². The van der Waals surface area contributed by atoms with E-state index < -0.39 is 29.5 Å². The van der Waals surface area contributed by atoms with Crippen molar-refractivity contribution in [2.75, 3.05) is 25.6 Å². The molecule has 0 atom stereocenters. The van der Waals surface area contributed by atoms with Gasteiger partial charge in [-0.3, -0.25) is 24.1 Å². The molecule has 2 aromatic carbocycles. The number of halogens is 1. The van der Waals surface area contributed by atoms with Gasteiger partial charge in [-0.25, -0.2) is 0 Å². The minimum atomic E-state index is -0.595. The number of nitrogens with zero attached hydrogens (tertiary/aromatic N) is 1. The molecule has 3 N–H and O–H groups in total. The van der Waals surface area contributed by atoms with Crippen molar-refractivity contribution in [2.45, 2.75) is 0 Å². The average molecular weight is 476 g/mol. The van der Waals surface area contributed by atoms with Crippen LogP contribution in [-0.2, 0) is 14.4 Å². The third kappa shape index (κ3) is 5.80.